The van der Waals surface area contributed by atoms with E-state index in [9.17, 15) is 0 Å². The summed E-state index contributed by atoms with van der Waals surface area (Å²) in [6.45, 7) is 9.30. The van der Waals surface area contributed by atoms with E-state index in [1.807, 2.05) is 0 Å². The lowest BCUT2D eigenvalue weighted by atomic mass is 9.99. The maximum absolute atomic E-state index is 7.17. The van der Waals surface area contributed by atoms with Gasteiger partial charge in [-0.05, 0) is 25.7 Å². The smallest absolute Gasteiger partial charge is 0.0578 e. The zero-order chi connectivity index (χ0) is 37.0. The van der Waals surface area contributed by atoms with Crippen LogP contribution < -0.4 is 0 Å². The first-order chi connectivity index (χ1) is 25.3. The SMILES string of the molecule is CCCCCCCCCCCCCCC(CCCCCCCCCC)OC(CCCCCCCCCC)CCCCCCCCCCCCCC. The molecule has 0 aliphatic heterocycles. The van der Waals surface area contributed by atoms with Crippen molar-refractivity contribution >= 4 is 0 Å². The lowest BCUT2D eigenvalue weighted by Gasteiger charge is -2.26. The summed E-state index contributed by atoms with van der Waals surface area (Å²) in [6, 6.07) is 0. The quantitative estimate of drug-likeness (QED) is 0.0569. The molecule has 1 nitrogen and oxygen atoms in total. The Hall–Kier alpha value is -0.0400. The van der Waals surface area contributed by atoms with Crippen LogP contribution in [0.15, 0.2) is 0 Å². The first kappa shape index (κ1) is 51.0. The molecule has 0 aromatic carbocycles. The fourth-order valence-electron chi connectivity index (χ4n) is 8.27. The van der Waals surface area contributed by atoms with Crippen LogP contribution in [0, 0.1) is 0 Å². The Morgan fingerprint density at radius 3 is 0.490 bits per heavy atom. The summed E-state index contributed by atoms with van der Waals surface area (Å²) in [5, 5.41) is 0. The highest BCUT2D eigenvalue weighted by Crippen LogP contribution is 2.24. The number of rotatable bonds is 46. The van der Waals surface area contributed by atoms with Gasteiger partial charge in [0.1, 0.15) is 0 Å². The third-order valence-corrected chi connectivity index (χ3v) is 11.9. The van der Waals surface area contributed by atoms with Crippen LogP contribution in [0.3, 0.4) is 0 Å². The van der Waals surface area contributed by atoms with Gasteiger partial charge in [-0.25, -0.2) is 0 Å². The van der Waals surface area contributed by atoms with Crippen LogP contribution >= 0.6 is 0 Å². The molecular weight excluding hydrogens is 617 g/mol. The fourth-order valence-corrected chi connectivity index (χ4v) is 8.27. The van der Waals surface area contributed by atoms with E-state index >= 15 is 0 Å². The van der Waals surface area contributed by atoms with Gasteiger partial charge in [0.05, 0.1) is 12.2 Å². The summed E-state index contributed by atoms with van der Waals surface area (Å²) in [4.78, 5) is 0. The highest BCUT2D eigenvalue weighted by atomic mass is 16.5. The zero-order valence-electron chi connectivity index (χ0n) is 36.7. The standard InChI is InChI=1S/C50H102O/c1-5-9-13-17-21-25-27-29-31-35-39-43-47-49(45-41-37-33-23-19-15-11-7-3)51-50(46-42-38-34-24-20-16-12-8-4)48-44-40-36-32-30-28-26-22-18-14-10-6-2/h49-50H,5-48H2,1-4H3. The van der Waals surface area contributed by atoms with Crippen molar-refractivity contribution in [2.75, 3.05) is 0 Å². The van der Waals surface area contributed by atoms with Gasteiger partial charge in [0.25, 0.3) is 0 Å². The maximum Gasteiger partial charge on any atom is 0.0578 e. The maximum atomic E-state index is 7.17. The molecule has 51 heavy (non-hydrogen) atoms. The average molecular weight is 719 g/mol. The minimum absolute atomic E-state index is 0.518. The second-order valence-electron chi connectivity index (χ2n) is 17.3. The van der Waals surface area contributed by atoms with E-state index in [0.29, 0.717) is 12.2 Å². The van der Waals surface area contributed by atoms with E-state index in [-0.39, 0.29) is 0 Å². The van der Waals surface area contributed by atoms with Crippen LogP contribution in [-0.4, -0.2) is 12.2 Å². The molecule has 2 unspecified atom stereocenters. The van der Waals surface area contributed by atoms with Crippen molar-refractivity contribution < 1.29 is 4.74 Å². The van der Waals surface area contributed by atoms with Crippen molar-refractivity contribution in [3.63, 3.8) is 0 Å². The van der Waals surface area contributed by atoms with Gasteiger partial charge in [0.2, 0.25) is 0 Å². The van der Waals surface area contributed by atoms with Crippen LogP contribution in [0.5, 0.6) is 0 Å². The van der Waals surface area contributed by atoms with Crippen LogP contribution in [0.4, 0.5) is 0 Å². The van der Waals surface area contributed by atoms with Crippen LogP contribution in [-0.2, 0) is 4.74 Å². The van der Waals surface area contributed by atoms with E-state index in [4.69, 9.17) is 4.74 Å². The van der Waals surface area contributed by atoms with E-state index in [1.54, 1.807) is 0 Å². The molecule has 0 N–H and O–H groups in total. The summed E-state index contributed by atoms with van der Waals surface area (Å²) in [6.07, 6.45) is 63.7. The van der Waals surface area contributed by atoms with Crippen molar-refractivity contribution in [1.82, 2.24) is 0 Å². The largest absolute Gasteiger partial charge is 0.375 e. The van der Waals surface area contributed by atoms with E-state index in [1.165, 1.54) is 283 Å². The molecule has 0 rings (SSSR count). The van der Waals surface area contributed by atoms with Gasteiger partial charge in [-0.1, -0.05) is 285 Å². The molecule has 0 spiro atoms. The van der Waals surface area contributed by atoms with Crippen molar-refractivity contribution in [2.45, 2.75) is 322 Å². The number of hydrogen-bond donors (Lipinski definition) is 0. The van der Waals surface area contributed by atoms with Crippen LogP contribution in [0.2, 0.25) is 0 Å². The second-order valence-corrected chi connectivity index (χ2v) is 17.3. The Balaban J connectivity index is 4.68. The number of hydrogen-bond acceptors (Lipinski definition) is 1. The third kappa shape index (κ3) is 42.6. The van der Waals surface area contributed by atoms with E-state index < -0.39 is 0 Å². The average Bonchev–Trinajstić information content (AvgIpc) is 3.14. The molecule has 0 heterocycles. The Labute approximate surface area is 326 Å². The Morgan fingerprint density at radius 2 is 0.333 bits per heavy atom. The van der Waals surface area contributed by atoms with Gasteiger partial charge in [0.15, 0.2) is 0 Å². The Morgan fingerprint density at radius 1 is 0.196 bits per heavy atom. The molecule has 0 aromatic rings. The summed E-state index contributed by atoms with van der Waals surface area (Å²) < 4.78 is 7.17. The Kier molecular flexibility index (Phi) is 46.1. The van der Waals surface area contributed by atoms with E-state index in [0.717, 1.165) is 0 Å². The highest BCUT2D eigenvalue weighted by molar-refractivity contribution is 4.67. The molecule has 1 heteroatoms. The molecule has 0 saturated heterocycles. The molecule has 0 bridgehead atoms. The fraction of sp³-hybridized carbons (Fsp3) is 1.00. The van der Waals surface area contributed by atoms with Crippen LogP contribution in [0.1, 0.15) is 310 Å². The predicted molar refractivity (Wildman–Crippen MR) is 235 cm³/mol. The molecule has 0 radical (unpaired) electrons. The first-order valence-electron chi connectivity index (χ1n) is 24.9. The third-order valence-electron chi connectivity index (χ3n) is 11.9. The van der Waals surface area contributed by atoms with E-state index in [2.05, 4.69) is 27.7 Å². The topological polar surface area (TPSA) is 9.23 Å². The first-order valence-corrected chi connectivity index (χ1v) is 24.9. The van der Waals surface area contributed by atoms with Crippen molar-refractivity contribution in [3.8, 4) is 0 Å². The normalized spacial score (nSPS) is 12.9. The summed E-state index contributed by atoms with van der Waals surface area (Å²) in [5.41, 5.74) is 0. The van der Waals surface area contributed by atoms with Gasteiger partial charge in [0, 0.05) is 0 Å². The molecule has 0 aromatic heterocycles. The molecule has 0 amide bonds. The lowest BCUT2D eigenvalue weighted by Crippen LogP contribution is -2.23. The minimum Gasteiger partial charge on any atom is -0.375 e. The molecular formula is C50H102O. The van der Waals surface area contributed by atoms with Crippen LogP contribution in [0.25, 0.3) is 0 Å². The summed E-state index contributed by atoms with van der Waals surface area (Å²) >= 11 is 0. The number of unbranched alkanes of at least 4 members (excludes halogenated alkanes) is 36. The Bertz CT molecular complexity index is 536. The van der Waals surface area contributed by atoms with Crippen molar-refractivity contribution in [1.29, 1.82) is 0 Å². The van der Waals surface area contributed by atoms with Gasteiger partial charge in [-0.2, -0.15) is 0 Å². The molecule has 0 aliphatic rings. The summed E-state index contributed by atoms with van der Waals surface area (Å²) in [5.74, 6) is 0. The molecule has 2 atom stereocenters. The molecule has 308 valence electrons. The van der Waals surface area contributed by atoms with Gasteiger partial charge in [-0.3, -0.25) is 0 Å². The van der Waals surface area contributed by atoms with Gasteiger partial charge in [-0.15, -0.1) is 0 Å². The zero-order valence-corrected chi connectivity index (χ0v) is 36.7. The molecule has 0 aliphatic carbocycles. The number of ether oxygens (including phenoxy) is 1. The van der Waals surface area contributed by atoms with Crippen molar-refractivity contribution in [3.05, 3.63) is 0 Å². The highest BCUT2D eigenvalue weighted by Gasteiger charge is 2.17. The second kappa shape index (κ2) is 46.1. The molecule has 0 saturated carbocycles. The summed E-state index contributed by atoms with van der Waals surface area (Å²) in [7, 11) is 0. The monoisotopic (exact) mass is 719 g/mol. The van der Waals surface area contributed by atoms with Gasteiger partial charge >= 0.3 is 0 Å². The molecule has 0 fully saturated rings. The van der Waals surface area contributed by atoms with Crippen molar-refractivity contribution in [2.24, 2.45) is 0 Å². The predicted octanol–water partition coefficient (Wildman–Crippen LogP) is 19.0. The lowest BCUT2D eigenvalue weighted by molar-refractivity contribution is -0.0324. The van der Waals surface area contributed by atoms with Gasteiger partial charge < -0.3 is 4.74 Å². The minimum atomic E-state index is 0.518.